The number of amides is 1. The Labute approximate surface area is 182 Å². The molecule has 166 valence electrons. The van der Waals surface area contributed by atoms with E-state index in [4.69, 9.17) is 9.84 Å². The molecule has 0 unspecified atom stereocenters. The Bertz CT molecular complexity index is 903. The highest BCUT2D eigenvalue weighted by Crippen LogP contribution is 2.20. The summed E-state index contributed by atoms with van der Waals surface area (Å²) in [5.41, 5.74) is 1.91. The minimum atomic E-state index is -0.844. The maximum Gasteiger partial charge on any atom is 0.303 e. The number of aryl methyl sites for hydroxylation is 1. The SMILES string of the molecule is C[C@@H]1CN(Cc2ccc(F)cc2)[C@@H](C)CN1C(=O)COc1cccc(CCC(=O)O)c1. The first-order valence-corrected chi connectivity index (χ1v) is 10.5. The van der Waals surface area contributed by atoms with Crippen LogP contribution in [0.25, 0.3) is 0 Å². The van der Waals surface area contributed by atoms with Crippen molar-refractivity contribution in [2.45, 2.75) is 45.3 Å². The molecular weight excluding hydrogens is 399 g/mol. The van der Waals surface area contributed by atoms with Crippen LogP contribution in [-0.2, 0) is 22.6 Å². The number of carbonyl (C=O) groups excluding carboxylic acids is 1. The second kappa shape index (κ2) is 10.4. The number of hydrogen-bond donors (Lipinski definition) is 1. The number of halogens is 1. The van der Waals surface area contributed by atoms with Crippen LogP contribution in [-0.4, -0.2) is 58.6 Å². The lowest BCUT2D eigenvalue weighted by molar-refractivity contribution is -0.139. The Morgan fingerprint density at radius 1 is 1.06 bits per heavy atom. The van der Waals surface area contributed by atoms with Gasteiger partial charge in [0, 0.05) is 38.1 Å². The molecule has 0 spiro atoms. The van der Waals surface area contributed by atoms with Crippen LogP contribution in [0.2, 0.25) is 0 Å². The summed E-state index contributed by atoms with van der Waals surface area (Å²) in [6, 6.07) is 13.9. The van der Waals surface area contributed by atoms with E-state index in [2.05, 4.69) is 11.8 Å². The van der Waals surface area contributed by atoms with Gasteiger partial charge in [0.1, 0.15) is 11.6 Å². The predicted octanol–water partition coefficient (Wildman–Crippen LogP) is 3.34. The zero-order valence-electron chi connectivity index (χ0n) is 18.0. The van der Waals surface area contributed by atoms with Gasteiger partial charge >= 0.3 is 5.97 Å². The molecular formula is C24H29FN2O4. The fourth-order valence-electron chi connectivity index (χ4n) is 3.86. The highest BCUT2D eigenvalue weighted by Gasteiger charge is 2.32. The lowest BCUT2D eigenvalue weighted by Crippen LogP contribution is -2.58. The van der Waals surface area contributed by atoms with Gasteiger partial charge in [-0.3, -0.25) is 14.5 Å². The highest BCUT2D eigenvalue weighted by molar-refractivity contribution is 5.78. The third-order valence-electron chi connectivity index (χ3n) is 5.62. The highest BCUT2D eigenvalue weighted by atomic mass is 19.1. The van der Waals surface area contributed by atoms with Gasteiger partial charge in [0.2, 0.25) is 0 Å². The number of nitrogens with zero attached hydrogens (tertiary/aromatic N) is 2. The minimum Gasteiger partial charge on any atom is -0.484 e. The third-order valence-corrected chi connectivity index (χ3v) is 5.62. The second-order valence-electron chi connectivity index (χ2n) is 8.13. The summed E-state index contributed by atoms with van der Waals surface area (Å²) in [7, 11) is 0. The average molecular weight is 429 g/mol. The molecule has 1 heterocycles. The molecule has 7 heteroatoms. The fourth-order valence-corrected chi connectivity index (χ4v) is 3.86. The van der Waals surface area contributed by atoms with Gasteiger partial charge in [-0.05, 0) is 55.7 Å². The molecule has 6 nitrogen and oxygen atoms in total. The molecule has 0 aliphatic carbocycles. The molecule has 0 radical (unpaired) electrons. The summed E-state index contributed by atoms with van der Waals surface area (Å²) in [5, 5.41) is 8.82. The summed E-state index contributed by atoms with van der Waals surface area (Å²) in [4.78, 5) is 27.7. The number of hydrogen-bond acceptors (Lipinski definition) is 4. The molecule has 3 rings (SSSR count). The number of carboxylic acid groups (broad SMARTS) is 1. The van der Waals surface area contributed by atoms with Crippen molar-refractivity contribution in [3.05, 3.63) is 65.5 Å². The van der Waals surface area contributed by atoms with Gasteiger partial charge in [-0.1, -0.05) is 24.3 Å². The topological polar surface area (TPSA) is 70.1 Å². The summed E-state index contributed by atoms with van der Waals surface area (Å²) in [6.07, 6.45) is 0.477. The van der Waals surface area contributed by atoms with Crippen LogP contribution in [0.1, 0.15) is 31.4 Å². The monoisotopic (exact) mass is 428 g/mol. The third kappa shape index (κ3) is 6.52. The van der Waals surface area contributed by atoms with Crippen LogP contribution in [0.4, 0.5) is 4.39 Å². The van der Waals surface area contributed by atoms with Gasteiger partial charge in [-0.2, -0.15) is 0 Å². The zero-order chi connectivity index (χ0) is 22.4. The number of aliphatic carboxylic acids is 1. The van der Waals surface area contributed by atoms with Crippen molar-refractivity contribution in [2.75, 3.05) is 19.7 Å². The van der Waals surface area contributed by atoms with Gasteiger partial charge in [0.25, 0.3) is 5.91 Å². The van der Waals surface area contributed by atoms with E-state index in [1.54, 1.807) is 30.3 Å². The van der Waals surface area contributed by atoms with Crippen molar-refractivity contribution in [1.29, 1.82) is 0 Å². The van der Waals surface area contributed by atoms with Crippen LogP contribution in [0, 0.1) is 5.82 Å². The molecule has 31 heavy (non-hydrogen) atoms. The van der Waals surface area contributed by atoms with Crippen LogP contribution in [0.5, 0.6) is 5.75 Å². The van der Waals surface area contributed by atoms with E-state index in [1.165, 1.54) is 12.1 Å². The van der Waals surface area contributed by atoms with E-state index in [9.17, 15) is 14.0 Å². The van der Waals surface area contributed by atoms with Gasteiger partial charge in [-0.25, -0.2) is 4.39 Å². The fraction of sp³-hybridized carbons (Fsp3) is 0.417. The number of rotatable bonds is 8. The Balaban J connectivity index is 1.52. The van der Waals surface area contributed by atoms with Crippen LogP contribution in [0.15, 0.2) is 48.5 Å². The number of benzene rings is 2. The lowest BCUT2D eigenvalue weighted by Gasteiger charge is -2.44. The lowest BCUT2D eigenvalue weighted by atomic mass is 10.1. The van der Waals surface area contributed by atoms with Crippen molar-refractivity contribution < 1.29 is 23.8 Å². The zero-order valence-corrected chi connectivity index (χ0v) is 18.0. The first-order valence-electron chi connectivity index (χ1n) is 10.5. The molecule has 0 aromatic heterocycles. The van der Waals surface area contributed by atoms with Gasteiger partial charge < -0.3 is 14.7 Å². The Morgan fingerprint density at radius 2 is 1.81 bits per heavy atom. The van der Waals surface area contributed by atoms with Gasteiger partial charge in [0.15, 0.2) is 6.61 Å². The quantitative estimate of drug-likeness (QED) is 0.698. The van der Waals surface area contributed by atoms with E-state index < -0.39 is 5.97 Å². The maximum absolute atomic E-state index is 13.1. The summed E-state index contributed by atoms with van der Waals surface area (Å²) >= 11 is 0. The van der Waals surface area contributed by atoms with Gasteiger partial charge in [-0.15, -0.1) is 0 Å². The standard InChI is InChI=1S/C24H29FN2O4/c1-17-14-27(18(2)13-26(17)15-20-6-9-21(25)10-7-20)23(28)16-31-22-5-3-4-19(12-22)8-11-24(29)30/h3-7,9-10,12,17-18H,8,11,13-16H2,1-2H3,(H,29,30)/t17-,18+/m0/s1. The predicted molar refractivity (Wildman–Crippen MR) is 115 cm³/mol. The Morgan fingerprint density at radius 3 is 2.52 bits per heavy atom. The molecule has 2 atom stereocenters. The van der Waals surface area contributed by atoms with Crippen molar-refractivity contribution >= 4 is 11.9 Å². The molecule has 1 saturated heterocycles. The average Bonchev–Trinajstić information content (AvgIpc) is 2.74. The van der Waals surface area contributed by atoms with E-state index in [0.29, 0.717) is 25.3 Å². The summed E-state index contributed by atoms with van der Waals surface area (Å²) < 4.78 is 18.8. The van der Waals surface area contributed by atoms with Crippen LogP contribution in [0.3, 0.4) is 0 Å². The van der Waals surface area contributed by atoms with E-state index >= 15 is 0 Å². The van der Waals surface area contributed by atoms with Crippen molar-refractivity contribution in [1.82, 2.24) is 9.80 Å². The largest absolute Gasteiger partial charge is 0.484 e. The van der Waals surface area contributed by atoms with Gasteiger partial charge in [0.05, 0.1) is 0 Å². The van der Waals surface area contributed by atoms with E-state index in [1.807, 2.05) is 17.9 Å². The Hall–Kier alpha value is -2.93. The minimum absolute atomic E-state index is 0.0367. The van der Waals surface area contributed by atoms with Crippen molar-refractivity contribution in [3.8, 4) is 5.75 Å². The molecule has 0 bridgehead atoms. The molecule has 1 amide bonds. The number of carboxylic acids is 1. The van der Waals surface area contributed by atoms with Crippen LogP contribution >= 0.6 is 0 Å². The van der Waals surface area contributed by atoms with Crippen molar-refractivity contribution in [2.24, 2.45) is 0 Å². The smallest absolute Gasteiger partial charge is 0.303 e. The first kappa shape index (κ1) is 22.7. The number of carbonyl (C=O) groups is 2. The van der Waals surface area contributed by atoms with E-state index in [-0.39, 0.29) is 36.8 Å². The molecule has 2 aromatic carbocycles. The van der Waals surface area contributed by atoms with E-state index in [0.717, 1.165) is 17.7 Å². The Kier molecular flexibility index (Phi) is 7.63. The molecule has 1 aliphatic rings. The maximum atomic E-state index is 13.1. The molecule has 1 N–H and O–H groups in total. The normalized spacial score (nSPS) is 19.3. The molecule has 1 fully saturated rings. The first-order chi connectivity index (χ1) is 14.8. The molecule has 2 aromatic rings. The second-order valence-corrected chi connectivity index (χ2v) is 8.13. The number of ether oxygens (including phenoxy) is 1. The molecule has 0 saturated carbocycles. The molecule has 1 aliphatic heterocycles. The van der Waals surface area contributed by atoms with Crippen LogP contribution < -0.4 is 4.74 Å². The van der Waals surface area contributed by atoms with Crippen molar-refractivity contribution in [3.63, 3.8) is 0 Å². The number of piperazine rings is 1. The summed E-state index contributed by atoms with van der Waals surface area (Å²) in [6.45, 7) is 6.10. The summed E-state index contributed by atoms with van der Waals surface area (Å²) in [5.74, 6) is -0.597.